The van der Waals surface area contributed by atoms with Crippen molar-refractivity contribution in [2.45, 2.75) is 12.5 Å². The van der Waals surface area contributed by atoms with Crippen molar-refractivity contribution in [3.63, 3.8) is 0 Å². The molecule has 1 amide bonds. The number of amides is 1. The van der Waals surface area contributed by atoms with Crippen LogP contribution in [0.3, 0.4) is 0 Å². The minimum Gasteiger partial charge on any atom is -0.507 e. The normalized spacial score (nSPS) is 18.3. The quantitative estimate of drug-likeness (QED) is 0.413. The van der Waals surface area contributed by atoms with E-state index in [1.807, 2.05) is 19.0 Å². The second-order valence-corrected chi connectivity index (χ2v) is 7.68. The zero-order chi connectivity index (χ0) is 21.8. The lowest BCUT2D eigenvalue weighted by molar-refractivity contribution is -0.140. The molecule has 3 rings (SSSR count). The number of rotatable bonds is 7. The Hall–Kier alpha value is -2.90. The second-order valence-electron chi connectivity index (χ2n) is 7.25. The van der Waals surface area contributed by atoms with E-state index in [0.717, 1.165) is 6.54 Å². The number of aliphatic hydroxyl groups excluding tert-OH is 1. The average Bonchev–Trinajstić information content (AvgIpc) is 2.98. The Bertz CT molecular complexity index is 976. The van der Waals surface area contributed by atoms with Crippen LogP contribution in [-0.2, 0) is 9.59 Å². The molecule has 1 N–H and O–H groups in total. The summed E-state index contributed by atoms with van der Waals surface area (Å²) in [6.07, 6.45) is 2.26. The van der Waals surface area contributed by atoms with Crippen molar-refractivity contribution in [3.8, 4) is 5.75 Å². The molecule has 1 fully saturated rings. The Kier molecular flexibility index (Phi) is 6.74. The number of pyridine rings is 1. The Morgan fingerprint density at radius 1 is 1.27 bits per heavy atom. The van der Waals surface area contributed by atoms with E-state index in [0.29, 0.717) is 29.4 Å². The van der Waals surface area contributed by atoms with E-state index in [1.165, 1.54) is 18.1 Å². The van der Waals surface area contributed by atoms with E-state index >= 15 is 0 Å². The molecule has 8 heteroatoms. The second kappa shape index (κ2) is 9.28. The van der Waals surface area contributed by atoms with E-state index < -0.39 is 17.7 Å². The number of hydrogen-bond donors (Lipinski definition) is 1. The van der Waals surface area contributed by atoms with Gasteiger partial charge in [-0.3, -0.25) is 14.6 Å². The van der Waals surface area contributed by atoms with Crippen LogP contribution in [0.5, 0.6) is 5.75 Å². The molecule has 158 valence electrons. The number of halogens is 1. The number of aliphatic hydroxyl groups is 1. The summed E-state index contributed by atoms with van der Waals surface area (Å²) in [5.41, 5.74) is 0.727. The Morgan fingerprint density at radius 2 is 2.03 bits per heavy atom. The molecule has 2 aromatic rings. The van der Waals surface area contributed by atoms with Gasteiger partial charge in [0.2, 0.25) is 0 Å². The first-order valence-corrected chi connectivity index (χ1v) is 9.91. The molecule has 0 bridgehead atoms. The molecule has 7 nitrogen and oxygen atoms in total. The molecule has 0 spiro atoms. The third-order valence-electron chi connectivity index (χ3n) is 4.93. The molecule has 0 radical (unpaired) electrons. The van der Waals surface area contributed by atoms with Gasteiger partial charge in [0, 0.05) is 17.8 Å². The van der Waals surface area contributed by atoms with E-state index in [9.17, 15) is 14.7 Å². The number of ether oxygens (including phenoxy) is 1. The van der Waals surface area contributed by atoms with E-state index in [1.54, 1.807) is 36.5 Å². The molecular formula is C22H24ClN3O4. The highest BCUT2D eigenvalue weighted by Crippen LogP contribution is 2.40. The van der Waals surface area contributed by atoms with Crippen LogP contribution in [0.4, 0.5) is 0 Å². The van der Waals surface area contributed by atoms with Gasteiger partial charge in [-0.1, -0.05) is 17.7 Å². The van der Waals surface area contributed by atoms with Crippen molar-refractivity contribution in [2.75, 3.05) is 34.3 Å². The van der Waals surface area contributed by atoms with E-state index in [4.69, 9.17) is 16.3 Å². The van der Waals surface area contributed by atoms with Crippen molar-refractivity contribution in [1.82, 2.24) is 14.8 Å². The molecule has 0 saturated carbocycles. The van der Waals surface area contributed by atoms with Gasteiger partial charge in [0.1, 0.15) is 17.6 Å². The van der Waals surface area contributed by atoms with Crippen molar-refractivity contribution < 1.29 is 19.4 Å². The van der Waals surface area contributed by atoms with Crippen LogP contribution in [0, 0.1) is 0 Å². The summed E-state index contributed by atoms with van der Waals surface area (Å²) >= 11 is 6.10. The van der Waals surface area contributed by atoms with Crippen LogP contribution in [0.25, 0.3) is 5.76 Å². The largest absolute Gasteiger partial charge is 0.507 e. The number of carbonyl (C=O) groups excluding carboxylic acids is 2. The Morgan fingerprint density at radius 3 is 2.67 bits per heavy atom. The number of carbonyl (C=O) groups is 2. The van der Waals surface area contributed by atoms with Gasteiger partial charge in [-0.05, 0) is 57.4 Å². The molecule has 1 aromatic heterocycles. The molecular weight excluding hydrogens is 406 g/mol. The maximum atomic E-state index is 13.0. The smallest absolute Gasteiger partial charge is 0.295 e. The van der Waals surface area contributed by atoms with Gasteiger partial charge in [-0.25, -0.2) is 0 Å². The molecule has 0 aliphatic carbocycles. The SMILES string of the molecule is COc1ccc(Cl)cc1C(O)=C1C(=O)C(=O)N(CCCN(C)C)C1c1ccccn1. The molecule has 1 aliphatic heterocycles. The van der Waals surface area contributed by atoms with Crippen molar-refractivity contribution >= 4 is 29.1 Å². The average molecular weight is 430 g/mol. The van der Waals surface area contributed by atoms with Gasteiger partial charge in [-0.15, -0.1) is 0 Å². The van der Waals surface area contributed by atoms with Crippen molar-refractivity contribution in [1.29, 1.82) is 0 Å². The highest BCUT2D eigenvalue weighted by Gasteiger charge is 2.46. The zero-order valence-electron chi connectivity index (χ0n) is 17.1. The highest BCUT2D eigenvalue weighted by atomic mass is 35.5. The van der Waals surface area contributed by atoms with Crippen LogP contribution in [-0.4, -0.2) is 65.9 Å². The topological polar surface area (TPSA) is 83.0 Å². The molecule has 1 saturated heterocycles. The summed E-state index contributed by atoms with van der Waals surface area (Å²) in [5, 5.41) is 11.5. The number of benzene rings is 1. The Labute approximate surface area is 180 Å². The third-order valence-corrected chi connectivity index (χ3v) is 5.16. The lowest BCUT2D eigenvalue weighted by Gasteiger charge is -2.25. The Balaban J connectivity index is 2.13. The van der Waals surface area contributed by atoms with Crippen molar-refractivity contribution in [3.05, 3.63) is 64.4 Å². The maximum Gasteiger partial charge on any atom is 0.295 e. The minimum absolute atomic E-state index is 0.0240. The van der Waals surface area contributed by atoms with Gasteiger partial charge in [0.15, 0.2) is 0 Å². The molecule has 2 heterocycles. The number of Topliss-reactive ketones (excluding diaryl/α,β-unsaturated/α-hetero) is 1. The molecule has 30 heavy (non-hydrogen) atoms. The van der Waals surface area contributed by atoms with Crippen LogP contribution < -0.4 is 4.74 Å². The number of methoxy groups -OCH3 is 1. The fourth-order valence-corrected chi connectivity index (χ4v) is 3.70. The zero-order valence-corrected chi connectivity index (χ0v) is 17.9. The molecule has 1 unspecified atom stereocenters. The number of ketones is 1. The van der Waals surface area contributed by atoms with Gasteiger partial charge in [0.25, 0.3) is 11.7 Å². The van der Waals surface area contributed by atoms with Gasteiger partial charge >= 0.3 is 0 Å². The summed E-state index contributed by atoms with van der Waals surface area (Å²) < 4.78 is 5.32. The van der Waals surface area contributed by atoms with Gasteiger partial charge in [0.05, 0.1) is 23.9 Å². The summed E-state index contributed by atoms with van der Waals surface area (Å²) in [5.74, 6) is -1.41. The summed E-state index contributed by atoms with van der Waals surface area (Å²) in [6.45, 7) is 1.10. The number of aromatic nitrogens is 1. The van der Waals surface area contributed by atoms with E-state index in [2.05, 4.69) is 4.98 Å². The highest BCUT2D eigenvalue weighted by molar-refractivity contribution is 6.46. The monoisotopic (exact) mass is 429 g/mol. The van der Waals surface area contributed by atoms with Crippen LogP contribution in [0.1, 0.15) is 23.7 Å². The van der Waals surface area contributed by atoms with Crippen molar-refractivity contribution in [2.24, 2.45) is 0 Å². The number of hydrogen-bond acceptors (Lipinski definition) is 6. The summed E-state index contributed by atoms with van der Waals surface area (Å²) in [4.78, 5) is 33.7. The number of likely N-dealkylation sites (tertiary alicyclic amines) is 1. The predicted octanol–water partition coefficient (Wildman–Crippen LogP) is 3.12. The maximum absolute atomic E-state index is 13.0. The van der Waals surface area contributed by atoms with E-state index in [-0.39, 0.29) is 16.9 Å². The van der Waals surface area contributed by atoms with Gasteiger partial charge < -0.3 is 19.6 Å². The van der Waals surface area contributed by atoms with Crippen LogP contribution >= 0.6 is 11.6 Å². The standard InChI is InChI=1S/C22H24ClN3O4/c1-25(2)11-6-12-26-19(16-7-4-5-10-24-16)18(21(28)22(26)29)20(27)15-13-14(23)8-9-17(15)30-3/h4-5,7-10,13,19,27H,6,11-12H2,1-3H3. The lowest BCUT2D eigenvalue weighted by Crippen LogP contribution is -2.32. The molecule has 1 aromatic carbocycles. The fourth-order valence-electron chi connectivity index (χ4n) is 3.52. The predicted molar refractivity (Wildman–Crippen MR) is 114 cm³/mol. The van der Waals surface area contributed by atoms with Crippen LogP contribution in [0.2, 0.25) is 5.02 Å². The minimum atomic E-state index is -0.794. The fraction of sp³-hybridized carbons (Fsp3) is 0.318. The first-order valence-electron chi connectivity index (χ1n) is 9.53. The first-order chi connectivity index (χ1) is 14.3. The summed E-state index contributed by atoms with van der Waals surface area (Å²) in [7, 11) is 5.33. The first kappa shape index (κ1) is 21.8. The molecule has 1 aliphatic rings. The van der Waals surface area contributed by atoms with Gasteiger partial charge in [-0.2, -0.15) is 0 Å². The molecule has 1 atom stereocenters. The number of nitrogens with zero attached hydrogens (tertiary/aromatic N) is 3. The summed E-state index contributed by atoms with van der Waals surface area (Å²) in [6, 6.07) is 9.19. The third kappa shape index (κ3) is 4.32. The lowest BCUT2D eigenvalue weighted by atomic mass is 9.98. The van der Waals surface area contributed by atoms with Crippen LogP contribution in [0.15, 0.2) is 48.2 Å².